The van der Waals surface area contributed by atoms with Crippen molar-refractivity contribution in [3.05, 3.63) is 48.0 Å². The van der Waals surface area contributed by atoms with Crippen LogP contribution >= 0.6 is 0 Å². The summed E-state index contributed by atoms with van der Waals surface area (Å²) in [5, 5.41) is 4.43. The highest BCUT2D eigenvalue weighted by atomic mass is 16.5. The lowest BCUT2D eigenvalue weighted by atomic mass is 9.72. The molecule has 1 aliphatic rings. The summed E-state index contributed by atoms with van der Waals surface area (Å²) in [6.07, 6.45) is 5.68. The summed E-state index contributed by atoms with van der Waals surface area (Å²) >= 11 is 0. The van der Waals surface area contributed by atoms with Crippen LogP contribution in [0.1, 0.15) is 45.0 Å². The largest absolute Gasteiger partial charge is 0.368 e. The van der Waals surface area contributed by atoms with Crippen LogP contribution in [-0.4, -0.2) is 58.2 Å². The van der Waals surface area contributed by atoms with Gasteiger partial charge in [0.25, 0.3) is 0 Å². The van der Waals surface area contributed by atoms with Gasteiger partial charge in [-0.25, -0.2) is 9.97 Å². The first-order valence-corrected chi connectivity index (χ1v) is 11.2. The fourth-order valence-electron chi connectivity index (χ4n) is 4.35. The molecule has 1 aliphatic heterocycles. The zero-order valence-corrected chi connectivity index (χ0v) is 19.6. The number of anilines is 2. The minimum atomic E-state index is -0.375. The third kappa shape index (κ3) is 4.19. The van der Waals surface area contributed by atoms with E-state index in [1.165, 1.54) is 0 Å². The van der Waals surface area contributed by atoms with E-state index in [4.69, 9.17) is 15.2 Å². The molecule has 8 nitrogen and oxygen atoms in total. The maximum Gasteiger partial charge on any atom is 0.324 e. The van der Waals surface area contributed by atoms with Crippen LogP contribution in [0, 0.1) is 5.92 Å². The first kappa shape index (κ1) is 22.2. The molecule has 170 valence electrons. The summed E-state index contributed by atoms with van der Waals surface area (Å²) in [4.78, 5) is 17.6. The minimum absolute atomic E-state index is 0.275. The number of rotatable bonds is 6. The van der Waals surface area contributed by atoms with E-state index in [2.05, 4.69) is 84.1 Å². The second kappa shape index (κ2) is 8.86. The fraction of sp³-hybridized carbons (Fsp3) is 0.500. The normalized spacial score (nSPS) is 17.2. The van der Waals surface area contributed by atoms with Gasteiger partial charge in [0.15, 0.2) is 5.82 Å². The Balaban J connectivity index is 1.57. The van der Waals surface area contributed by atoms with Crippen molar-refractivity contribution >= 4 is 12.0 Å². The molecule has 0 radical (unpaired) electrons. The van der Waals surface area contributed by atoms with Crippen LogP contribution < -0.4 is 10.6 Å². The molecule has 0 aliphatic carbocycles. The number of benzene rings is 1. The smallest absolute Gasteiger partial charge is 0.324 e. The van der Waals surface area contributed by atoms with E-state index in [1.54, 1.807) is 12.4 Å². The van der Waals surface area contributed by atoms with Crippen LogP contribution in [0.3, 0.4) is 0 Å². The van der Waals surface area contributed by atoms with E-state index in [0.29, 0.717) is 12.1 Å². The van der Waals surface area contributed by atoms with Gasteiger partial charge < -0.3 is 20.1 Å². The Hall–Kier alpha value is -3.00. The van der Waals surface area contributed by atoms with Crippen molar-refractivity contribution < 1.29 is 4.52 Å². The van der Waals surface area contributed by atoms with Crippen molar-refractivity contribution in [2.45, 2.75) is 45.1 Å². The molecule has 2 N–H and O–H groups in total. The predicted molar refractivity (Wildman–Crippen MR) is 126 cm³/mol. The van der Waals surface area contributed by atoms with Crippen LogP contribution in [0.4, 0.5) is 12.0 Å². The van der Waals surface area contributed by atoms with Gasteiger partial charge in [0.05, 0.1) is 5.41 Å². The molecule has 0 amide bonds. The number of nitrogens with two attached hydrogens (primary N) is 1. The predicted octanol–water partition coefficient (Wildman–Crippen LogP) is 3.60. The first-order chi connectivity index (χ1) is 15.3. The van der Waals surface area contributed by atoms with E-state index in [9.17, 15) is 0 Å². The summed E-state index contributed by atoms with van der Waals surface area (Å²) in [5.41, 5.74) is 8.35. The van der Waals surface area contributed by atoms with Gasteiger partial charge in [-0.15, -0.1) is 0 Å². The maximum atomic E-state index is 5.74. The molecule has 3 aromatic rings. The molecule has 8 heteroatoms. The van der Waals surface area contributed by atoms with Crippen LogP contribution in [0.25, 0.3) is 11.1 Å². The molecule has 4 rings (SSSR count). The molecule has 0 bridgehead atoms. The molecule has 3 heterocycles. The molecular weight excluding hydrogens is 402 g/mol. The van der Waals surface area contributed by atoms with Crippen molar-refractivity contribution in [1.82, 2.24) is 25.0 Å². The lowest BCUT2D eigenvalue weighted by Gasteiger charge is -2.34. The van der Waals surface area contributed by atoms with E-state index >= 15 is 0 Å². The zero-order chi connectivity index (χ0) is 22.9. The summed E-state index contributed by atoms with van der Waals surface area (Å²) in [5.74, 6) is 1.27. The van der Waals surface area contributed by atoms with Crippen molar-refractivity contribution in [1.29, 1.82) is 0 Å². The molecule has 32 heavy (non-hydrogen) atoms. The maximum absolute atomic E-state index is 5.74. The Labute approximate surface area is 189 Å². The lowest BCUT2D eigenvalue weighted by molar-refractivity contribution is 0.244. The molecule has 0 saturated carbocycles. The fourth-order valence-corrected chi connectivity index (χ4v) is 4.35. The molecule has 1 aromatic carbocycles. The monoisotopic (exact) mass is 435 g/mol. The van der Waals surface area contributed by atoms with Crippen LogP contribution in [0.5, 0.6) is 0 Å². The number of aromatic nitrogens is 4. The van der Waals surface area contributed by atoms with Crippen molar-refractivity contribution in [2.75, 3.05) is 37.8 Å². The Morgan fingerprint density at radius 3 is 2.25 bits per heavy atom. The van der Waals surface area contributed by atoms with Gasteiger partial charge >= 0.3 is 6.01 Å². The molecule has 2 aromatic heterocycles. The van der Waals surface area contributed by atoms with Crippen LogP contribution in [0.15, 0.2) is 41.2 Å². The average molecular weight is 436 g/mol. The third-order valence-corrected chi connectivity index (χ3v) is 6.99. The number of hydrogen-bond acceptors (Lipinski definition) is 8. The SMILES string of the molecule is CC(C)C(C)(c1ccc(-c2cnc(N)nc2)cc1)c1noc(N2CCC(N(C)C)CC2)n1. The van der Waals surface area contributed by atoms with Gasteiger partial charge in [-0.3, -0.25) is 0 Å². The Bertz CT molecular complexity index is 1020. The van der Waals surface area contributed by atoms with Crippen molar-refractivity contribution in [3.8, 4) is 11.1 Å². The molecular formula is C24H33N7O. The summed E-state index contributed by atoms with van der Waals surface area (Å²) in [7, 11) is 4.29. The molecule has 1 saturated heterocycles. The Morgan fingerprint density at radius 2 is 1.69 bits per heavy atom. The first-order valence-electron chi connectivity index (χ1n) is 11.2. The molecule has 0 spiro atoms. The molecule has 1 fully saturated rings. The van der Waals surface area contributed by atoms with E-state index in [0.717, 1.165) is 48.4 Å². The van der Waals surface area contributed by atoms with Crippen molar-refractivity contribution in [2.24, 2.45) is 5.92 Å². The van der Waals surface area contributed by atoms with Crippen LogP contribution in [0.2, 0.25) is 0 Å². The highest BCUT2D eigenvalue weighted by molar-refractivity contribution is 5.62. The van der Waals surface area contributed by atoms with Gasteiger partial charge in [0.1, 0.15) is 0 Å². The Kier molecular flexibility index (Phi) is 6.15. The third-order valence-electron chi connectivity index (χ3n) is 6.99. The summed E-state index contributed by atoms with van der Waals surface area (Å²) in [6.45, 7) is 8.44. The molecule has 1 unspecified atom stereocenters. The van der Waals surface area contributed by atoms with Gasteiger partial charge in [0.2, 0.25) is 5.95 Å². The topological polar surface area (TPSA) is 97.2 Å². The average Bonchev–Trinajstić information content (AvgIpc) is 3.30. The Morgan fingerprint density at radius 1 is 1.06 bits per heavy atom. The van der Waals surface area contributed by atoms with Crippen LogP contribution in [-0.2, 0) is 5.41 Å². The van der Waals surface area contributed by atoms with E-state index in [1.807, 2.05) is 0 Å². The van der Waals surface area contributed by atoms with Crippen molar-refractivity contribution in [3.63, 3.8) is 0 Å². The summed E-state index contributed by atoms with van der Waals surface area (Å²) in [6, 6.07) is 9.66. The van der Waals surface area contributed by atoms with Gasteiger partial charge in [-0.2, -0.15) is 4.98 Å². The second-order valence-electron chi connectivity index (χ2n) is 9.35. The number of hydrogen-bond donors (Lipinski definition) is 1. The molecule has 1 atom stereocenters. The summed E-state index contributed by atoms with van der Waals surface area (Å²) < 4.78 is 5.74. The minimum Gasteiger partial charge on any atom is -0.368 e. The van der Waals surface area contributed by atoms with Gasteiger partial charge in [-0.05, 0) is 50.9 Å². The zero-order valence-electron chi connectivity index (χ0n) is 19.6. The van der Waals surface area contributed by atoms with E-state index in [-0.39, 0.29) is 17.3 Å². The second-order valence-corrected chi connectivity index (χ2v) is 9.35. The quantitative estimate of drug-likeness (QED) is 0.627. The highest BCUT2D eigenvalue weighted by Gasteiger charge is 2.38. The number of nitrogens with zero attached hydrogens (tertiary/aromatic N) is 6. The van der Waals surface area contributed by atoms with Gasteiger partial charge in [-0.1, -0.05) is 43.3 Å². The standard InChI is InChI=1S/C24H33N7O/c1-16(2)24(3,19-8-6-17(7-9-19)18-14-26-22(25)27-15-18)21-28-23(32-29-21)31-12-10-20(11-13-31)30(4)5/h6-9,14-16,20H,10-13H2,1-5H3,(H2,25,26,27). The lowest BCUT2D eigenvalue weighted by Crippen LogP contribution is -2.42. The van der Waals surface area contributed by atoms with Gasteiger partial charge in [0, 0.05) is 37.1 Å². The highest BCUT2D eigenvalue weighted by Crippen LogP contribution is 2.39. The number of piperidine rings is 1. The number of nitrogen functional groups attached to an aromatic ring is 1. The van der Waals surface area contributed by atoms with E-state index < -0.39 is 0 Å².